The van der Waals surface area contributed by atoms with Gasteiger partial charge in [0.25, 0.3) is 5.91 Å². The molecular formula is C23H28BN3O4. The highest BCUT2D eigenvalue weighted by Crippen LogP contribution is 2.36. The van der Waals surface area contributed by atoms with E-state index in [1.165, 1.54) is 0 Å². The molecule has 1 saturated carbocycles. The molecule has 4 heterocycles. The fraction of sp³-hybridized carbons (Fsp3) is 0.522. The van der Waals surface area contributed by atoms with Gasteiger partial charge in [-0.3, -0.25) is 14.8 Å². The highest BCUT2D eigenvalue weighted by molar-refractivity contribution is 6.62. The monoisotopic (exact) mass is 421 g/mol. The summed E-state index contributed by atoms with van der Waals surface area (Å²) >= 11 is 0. The quantitative estimate of drug-likeness (QED) is 0.691. The highest BCUT2D eigenvalue weighted by Gasteiger charge is 2.52. The molecule has 1 aliphatic carbocycles. The zero-order valence-electron chi connectivity index (χ0n) is 18.6. The Balaban J connectivity index is 1.37. The largest absolute Gasteiger partial charge is 0.496 e. The number of rotatable bonds is 5. The van der Waals surface area contributed by atoms with E-state index in [1.54, 1.807) is 12.4 Å². The second-order valence-electron chi connectivity index (χ2n) is 9.59. The van der Waals surface area contributed by atoms with E-state index in [0.717, 1.165) is 35.4 Å². The number of hydrogen-bond acceptors (Lipinski definition) is 6. The maximum absolute atomic E-state index is 13.3. The molecule has 8 heteroatoms. The van der Waals surface area contributed by atoms with Crippen LogP contribution in [0.25, 0.3) is 0 Å². The molecule has 0 spiro atoms. The van der Waals surface area contributed by atoms with Gasteiger partial charge in [-0.05, 0) is 58.7 Å². The first-order valence-corrected chi connectivity index (χ1v) is 11.0. The van der Waals surface area contributed by atoms with Crippen LogP contribution in [-0.4, -0.2) is 51.7 Å². The van der Waals surface area contributed by atoms with Gasteiger partial charge in [-0.15, -0.1) is 0 Å². The van der Waals surface area contributed by atoms with Crippen LogP contribution in [0.3, 0.4) is 0 Å². The summed E-state index contributed by atoms with van der Waals surface area (Å²) in [4.78, 5) is 24.2. The predicted molar refractivity (Wildman–Crippen MR) is 116 cm³/mol. The fourth-order valence-corrected chi connectivity index (χ4v) is 3.86. The molecular weight excluding hydrogens is 393 g/mol. The minimum atomic E-state index is -0.541. The first kappa shape index (κ1) is 20.5. The van der Waals surface area contributed by atoms with Gasteiger partial charge in [0.2, 0.25) is 0 Å². The van der Waals surface area contributed by atoms with Gasteiger partial charge >= 0.3 is 7.12 Å². The van der Waals surface area contributed by atoms with Crippen molar-refractivity contribution in [1.29, 1.82) is 0 Å². The molecule has 3 aliphatic rings. The van der Waals surface area contributed by atoms with Gasteiger partial charge in [-0.25, -0.2) is 0 Å². The van der Waals surface area contributed by atoms with E-state index in [9.17, 15) is 4.79 Å². The summed E-state index contributed by atoms with van der Waals surface area (Å²) < 4.78 is 18.3. The van der Waals surface area contributed by atoms with Gasteiger partial charge in [0, 0.05) is 30.8 Å². The molecule has 0 radical (unpaired) electrons. The van der Waals surface area contributed by atoms with Crippen LogP contribution in [0.5, 0.6) is 5.75 Å². The average molecular weight is 421 g/mol. The summed E-state index contributed by atoms with van der Waals surface area (Å²) in [5, 5.41) is 0. The van der Waals surface area contributed by atoms with E-state index >= 15 is 0 Å². The predicted octanol–water partition coefficient (Wildman–Crippen LogP) is 2.52. The summed E-state index contributed by atoms with van der Waals surface area (Å²) in [5.74, 6) is 0.725. The smallest absolute Gasteiger partial charge is 0.488 e. The molecule has 31 heavy (non-hydrogen) atoms. The molecule has 0 N–H and O–H groups in total. The molecule has 7 nitrogen and oxygen atoms in total. The van der Waals surface area contributed by atoms with E-state index in [-0.39, 0.29) is 12.0 Å². The molecule has 162 valence electrons. The van der Waals surface area contributed by atoms with Crippen molar-refractivity contribution in [2.75, 3.05) is 6.54 Å². The van der Waals surface area contributed by atoms with Crippen molar-refractivity contribution in [3.8, 4) is 5.75 Å². The Hall–Kier alpha value is -2.45. The Morgan fingerprint density at radius 1 is 1.19 bits per heavy atom. The Bertz CT molecular complexity index is 1010. The van der Waals surface area contributed by atoms with Gasteiger partial charge in [-0.2, -0.15) is 0 Å². The summed E-state index contributed by atoms with van der Waals surface area (Å²) in [6.45, 7) is 9.08. The number of pyridine rings is 2. The van der Waals surface area contributed by atoms with Crippen molar-refractivity contribution < 1.29 is 18.8 Å². The maximum atomic E-state index is 13.3. The number of carbonyl (C=O) groups excluding carboxylic acids is 1. The minimum absolute atomic E-state index is 0.0462. The molecule has 2 fully saturated rings. The van der Waals surface area contributed by atoms with Crippen LogP contribution in [0.1, 0.15) is 62.3 Å². The number of carbonyl (C=O) groups is 1. The Kier molecular flexibility index (Phi) is 4.82. The SMILES string of the molecule is CC1(C)OB(c2cnc3c(c2)C(=O)N(Cc2ncccc2OC2CC2)CC3)OC1(C)C. The number of nitrogens with zero attached hydrogens (tertiary/aromatic N) is 3. The Morgan fingerprint density at radius 3 is 2.65 bits per heavy atom. The molecule has 0 bridgehead atoms. The summed E-state index contributed by atoms with van der Waals surface area (Å²) in [6, 6.07) is 5.68. The van der Waals surface area contributed by atoms with Crippen LogP contribution in [0, 0.1) is 0 Å². The first-order valence-electron chi connectivity index (χ1n) is 11.0. The average Bonchev–Trinajstić information content (AvgIpc) is 3.50. The van der Waals surface area contributed by atoms with Gasteiger partial charge in [0.1, 0.15) is 11.4 Å². The number of amides is 1. The number of ether oxygens (including phenoxy) is 1. The minimum Gasteiger partial charge on any atom is -0.488 e. The lowest BCUT2D eigenvalue weighted by Gasteiger charge is -2.32. The zero-order chi connectivity index (χ0) is 21.8. The van der Waals surface area contributed by atoms with Crippen molar-refractivity contribution in [2.24, 2.45) is 0 Å². The van der Waals surface area contributed by atoms with Crippen LogP contribution in [0.2, 0.25) is 0 Å². The van der Waals surface area contributed by atoms with Crippen molar-refractivity contribution in [3.63, 3.8) is 0 Å². The summed E-state index contributed by atoms with van der Waals surface area (Å²) in [7, 11) is -0.541. The Morgan fingerprint density at radius 2 is 1.94 bits per heavy atom. The third-order valence-electron chi connectivity index (χ3n) is 6.66. The van der Waals surface area contributed by atoms with Crippen LogP contribution in [-0.2, 0) is 22.3 Å². The van der Waals surface area contributed by atoms with E-state index in [4.69, 9.17) is 14.0 Å². The molecule has 1 saturated heterocycles. The van der Waals surface area contributed by atoms with Crippen LogP contribution < -0.4 is 10.2 Å². The molecule has 2 aromatic heterocycles. The Labute approximate surface area is 183 Å². The molecule has 5 rings (SSSR count). The number of aromatic nitrogens is 2. The van der Waals surface area contributed by atoms with Crippen molar-refractivity contribution in [3.05, 3.63) is 47.5 Å². The number of fused-ring (bicyclic) bond motifs is 1. The van der Waals surface area contributed by atoms with E-state index < -0.39 is 18.3 Å². The molecule has 0 aromatic carbocycles. The topological polar surface area (TPSA) is 73.8 Å². The van der Waals surface area contributed by atoms with Crippen LogP contribution >= 0.6 is 0 Å². The zero-order valence-corrected chi connectivity index (χ0v) is 18.6. The lowest BCUT2D eigenvalue weighted by Crippen LogP contribution is -2.41. The van der Waals surface area contributed by atoms with E-state index in [0.29, 0.717) is 25.1 Å². The van der Waals surface area contributed by atoms with Gasteiger partial charge in [0.05, 0.1) is 35.1 Å². The third-order valence-corrected chi connectivity index (χ3v) is 6.66. The lowest BCUT2D eigenvalue weighted by molar-refractivity contribution is 0.00578. The number of hydrogen-bond donors (Lipinski definition) is 0. The lowest BCUT2D eigenvalue weighted by atomic mass is 9.79. The molecule has 0 atom stereocenters. The van der Waals surface area contributed by atoms with Gasteiger partial charge < -0.3 is 18.9 Å². The molecule has 1 amide bonds. The molecule has 2 aromatic rings. The second-order valence-corrected chi connectivity index (χ2v) is 9.59. The van der Waals surface area contributed by atoms with E-state index in [1.807, 2.05) is 50.8 Å². The third kappa shape index (κ3) is 3.83. The van der Waals surface area contributed by atoms with Gasteiger partial charge in [-0.1, -0.05) is 0 Å². The summed E-state index contributed by atoms with van der Waals surface area (Å²) in [6.07, 6.45) is 6.67. The standard InChI is InChI=1S/C23H28BN3O4/c1-22(2)23(3,4)31-24(30-22)15-12-17-18(26-13-15)9-11-27(21(17)28)14-19-20(6-5-10-25-19)29-16-7-8-16/h5-6,10,12-13,16H,7-9,11,14H2,1-4H3. The highest BCUT2D eigenvalue weighted by atomic mass is 16.7. The van der Waals surface area contributed by atoms with Crippen molar-refractivity contribution in [1.82, 2.24) is 14.9 Å². The van der Waals surface area contributed by atoms with Crippen molar-refractivity contribution >= 4 is 18.5 Å². The van der Waals surface area contributed by atoms with Crippen LogP contribution in [0.4, 0.5) is 0 Å². The first-order chi connectivity index (χ1) is 14.7. The second kappa shape index (κ2) is 7.31. The van der Waals surface area contributed by atoms with Gasteiger partial charge in [0.15, 0.2) is 0 Å². The maximum Gasteiger partial charge on any atom is 0.496 e. The molecule has 2 aliphatic heterocycles. The van der Waals surface area contributed by atoms with Crippen LogP contribution in [0.15, 0.2) is 30.6 Å². The normalized spacial score (nSPS) is 21.9. The van der Waals surface area contributed by atoms with E-state index in [2.05, 4.69) is 9.97 Å². The van der Waals surface area contributed by atoms with Crippen molar-refractivity contribution in [2.45, 2.75) is 70.8 Å². The fourth-order valence-electron chi connectivity index (χ4n) is 3.86. The summed E-state index contributed by atoms with van der Waals surface area (Å²) in [5.41, 5.74) is 2.10. The molecule has 0 unspecified atom stereocenters.